The maximum atomic E-state index is 13.4. The second kappa shape index (κ2) is 10.5. The van der Waals surface area contributed by atoms with Crippen LogP contribution in [0.2, 0.25) is 10.0 Å². The molecule has 2 saturated heterocycles. The van der Waals surface area contributed by atoms with Crippen molar-refractivity contribution in [3.05, 3.63) is 75.9 Å². The van der Waals surface area contributed by atoms with E-state index in [9.17, 15) is 4.79 Å². The minimum absolute atomic E-state index is 0.136. The number of carbonyl (C=O) groups is 1. The average Bonchev–Trinajstić information content (AvgIpc) is 3.63. The van der Waals surface area contributed by atoms with Gasteiger partial charge >= 0.3 is 0 Å². The van der Waals surface area contributed by atoms with Crippen molar-refractivity contribution in [1.29, 1.82) is 0 Å². The van der Waals surface area contributed by atoms with Gasteiger partial charge in [0.25, 0.3) is 5.91 Å². The third kappa shape index (κ3) is 4.90. The summed E-state index contributed by atoms with van der Waals surface area (Å²) in [5, 5.41) is 4.73. The maximum Gasteiger partial charge on any atom is 0.255 e. The van der Waals surface area contributed by atoms with E-state index in [-0.39, 0.29) is 12.1 Å². The largest absolute Gasteiger partial charge is 0.367 e. The van der Waals surface area contributed by atoms with Gasteiger partial charge in [-0.3, -0.25) is 9.69 Å². The number of pyridine rings is 1. The normalized spacial score (nSPS) is 19.7. The lowest BCUT2D eigenvalue weighted by Gasteiger charge is -2.32. The van der Waals surface area contributed by atoms with Crippen LogP contribution in [0.15, 0.2) is 54.7 Å². The standard InChI is InChI=1S/C29H31Cl2N5O/c30-24-5-3-6-25(31)23(24)19-35-16-12-32-28-26(35)17-22(18-33-28)20-8-10-21(11-9-20)29(37)36-15-4-7-27(36)34-13-1-2-14-34/h3,5-6,8-11,17-18,27H,1-2,4,7,12-16,19H2,(H,32,33). The van der Waals surface area contributed by atoms with Crippen molar-refractivity contribution in [2.45, 2.75) is 38.4 Å². The highest BCUT2D eigenvalue weighted by molar-refractivity contribution is 6.36. The minimum atomic E-state index is 0.136. The molecule has 3 aliphatic rings. The molecular formula is C29H31Cl2N5O. The second-order valence-electron chi connectivity index (χ2n) is 10.1. The van der Waals surface area contributed by atoms with Crippen molar-refractivity contribution in [2.75, 3.05) is 42.9 Å². The summed E-state index contributed by atoms with van der Waals surface area (Å²) in [4.78, 5) is 24.9. The van der Waals surface area contributed by atoms with Gasteiger partial charge in [0.2, 0.25) is 0 Å². The summed E-state index contributed by atoms with van der Waals surface area (Å²) in [5.41, 5.74) is 4.72. The number of rotatable bonds is 5. The molecule has 1 unspecified atom stereocenters. The number of amides is 1. The highest BCUT2D eigenvalue weighted by Crippen LogP contribution is 2.35. The van der Waals surface area contributed by atoms with Gasteiger partial charge in [-0.05, 0) is 61.6 Å². The van der Waals surface area contributed by atoms with E-state index in [0.29, 0.717) is 16.6 Å². The van der Waals surface area contributed by atoms with Gasteiger partial charge < -0.3 is 15.1 Å². The van der Waals surface area contributed by atoms with Crippen LogP contribution in [0.1, 0.15) is 41.6 Å². The molecule has 0 bridgehead atoms. The summed E-state index contributed by atoms with van der Waals surface area (Å²) in [6.07, 6.45) is 6.77. The molecular weight excluding hydrogens is 505 g/mol. The van der Waals surface area contributed by atoms with Gasteiger partial charge in [-0.25, -0.2) is 4.98 Å². The number of hydrogen-bond acceptors (Lipinski definition) is 5. The predicted octanol–water partition coefficient (Wildman–Crippen LogP) is 6.15. The number of fused-ring (bicyclic) bond motifs is 1. The fourth-order valence-electron chi connectivity index (χ4n) is 5.83. The number of benzene rings is 2. The Kier molecular flexibility index (Phi) is 6.98. The SMILES string of the molecule is O=C(c1ccc(-c2cnc3c(c2)N(Cc2c(Cl)cccc2Cl)CCN3)cc1)N1CCCC1N1CCCC1. The van der Waals surface area contributed by atoms with E-state index in [1.54, 1.807) is 0 Å². The zero-order chi connectivity index (χ0) is 25.4. The number of hydrogen-bond donors (Lipinski definition) is 1. The Balaban J connectivity index is 1.22. The molecule has 0 radical (unpaired) electrons. The molecule has 0 spiro atoms. The molecule has 3 aliphatic heterocycles. The summed E-state index contributed by atoms with van der Waals surface area (Å²) >= 11 is 12.9. The van der Waals surface area contributed by atoms with Gasteiger partial charge in [-0.1, -0.05) is 41.4 Å². The molecule has 0 aliphatic carbocycles. The Morgan fingerprint density at radius 3 is 2.46 bits per heavy atom. The maximum absolute atomic E-state index is 13.4. The average molecular weight is 537 g/mol. The van der Waals surface area contributed by atoms with Crippen molar-refractivity contribution in [3.63, 3.8) is 0 Å². The highest BCUT2D eigenvalue weighted by atomic mass is 35.5. The van der Waals surface area contributed by atoms with Crippen LogP contribution < -0.4 is 10.2 Å². The molecule has 2 aromatic carbocycles. The van der Waals surface area contributed by atoms with Crippen LogP contribution in [0.25, 0.3) is 11.1 Å². The molecule has 1 amide bonds. The number of nitrogens with zero attached hydrogens (tertiary/aromatic N) is 4. The molecule has 8 heteroatoms. The number of anilines is 2. The Morgan fingerprint density at radius 2 is 1.70 bits per heavy atom. The van der Waals surface area contributed by atoms with Gasteiger partial charge in [-0.2, -0.15) is 0 Å². The molecule has 1 N–H and O–H groups in total. The molecule has 1 atom stereocenters. The van der Waals surface area contributed by atoms with Gasteiger partial charge in [0.1, 0.15) is 5.82 Å². The van der Waals surface area contributed by atoms with E-state index in [1.807, 2.05) is 48.7 Å². The number of carbonyl (C=O) groups excluding carboxylic acids is 1. The molecule has 3 aromatic rings. The van der Waals surface area contributed by atoms with E-state index in [4.69, 9.17) is 28.2 Å². The van der Waals surface area contributed by atoms with E-state index >= 15 is 0 Å². The zero-order valence-electron chi connectivity index (χ0n) is 20.8. The monoisotopic (exact) mass is 535 g/mol. The number of halogens is 2. The summed E-state index contributed by atoms with van der Waals surface area (Å²) in [7, 11) is 0. The van der Waals surface area contributed by atoms with E-state index in [2.05, 4.69) is 26.1 Å². The third-order valence-corrected chi connectivity index (χ3v) is 8.51. The van der Waals surface area contributed by atoms with Crippen molar-refractivity contribution < 1.29 is 4.79 Å². The molecule has 6 nitrogen and oxygen atoms in total. The smallest absolute Gasteiger partial charge is 0.255 e. The van der Waals surface area contributed by atoms with Crippen LogP contribution in [0.4, 0.5) is 11.5 Å². The van der Waals surface area contributed by atoms with Gasteiger partial charge in [0, 0.05) is 72.2 Å². The molecule has 192 valence electrons. The Hall–Kier alpha value is -2.80. The fraction of sp³-hybridized carbons (Fsp3) is 0.379. The lowest BCUT2D eigenvalue weighted by Crippen LogP contribution is -2.46. The van der Waals surface area contributed by atoms with Gasteiger partial charge in [0.05, 0.1) is 11.9 Å². The van der Waals surface area contributed by atoms with E-state index in [0.717, 1.165) is 79.3 Å². The predicted molar refractivity (Wildman–Crippen MR) is 151 cm³/mol. The van der Waals surface area contributed by atoms with Crippen LogP contribution in [-0.4, -0.2) is 59.6 Å². The Labute approximate surface area is 228 Å². The first-order chi connectivity index (χ1) is 18.1. The van der Waals surface area contributed by atoms with Crippen LogP contribution in [0.5, 0.6) is 0 Å². The third-order valence-electron chi connectivity index (χ3n) is 7.80. The number of nitrogens with one attached hydrogen (secondary N) is 1. The van der Waals surface area contributed by atoms with Crippen LogP contribution in [-0.2, 0) is 6.54 Å². The first kappa shape index (κ1) is 24.5. The molecule has 37 heavy (non-hydrogen) atoms. The lowest BCUT2D eigenvalue weighted by atomic mass is 10.0. The van der Waals surface area contributed by atoms with Gasteiger partial charge in [-0.15, -0.1) is 0 Å². The summed E-state index contributed by atoms with van der Waals surface area (Å²) in [6, 6.07) is 15.7. The number of likely N-dealkylation sites (tertiary alicyclic amines) is 2. The van der Waals surface area contributed by atoms with E-state index < -0.39 is 0 Å². The van der Waals surface area contributed by atoms with Crippen molar-refractivity contribution in [3.8, 4) is 11.1 Å². The molecule has 2 fully saturated rings. The van der Waals surface area contributed by atoms with Gasteiger partial charge in [0.15, 0.2) is 0 Å². The minimum Gasteiger partial charge on any atom is -0.367 e. The quantitative estimate of drug-likeness (QED) is 0.424. The van der Waals surface area contributed by atoms with Crippen molar-refractivity contribution in [1.82, 2.24) is 14.8 Å². The fourth-order valence-corrected chi connectivity index (χ4v) is 6.35. The van der Waals surface area contributed by atoms with Crippen molar-refractivity contribution in [2.24, 2.45) is 0 Å². The molecule has 6 rings (SSSR count). The Morgan fingerprint density at radius 1 is 0.946 bits per heavy atom. The summed E-state index contributed by atoms with van der Waals surface area (Å²) in [5.74, 6) is 0.989. The van der Waals surface area contributed by atoms with E-state index in [1.165, 1.54) is 12.8 Å². The topological polar surface area (TPSA) is 51.7 Å². The molecule has 0 saturated carbocycles. The zero-order valence-corrected chi connectivity index (χ0v) is 22.3. The Bertz CT molecular complexity index is 1270. The van der Waals surface area contributed by atoms with Crippen LogP contribution >= 0.6 is 23.2 Å². The molecule has 4 heterocycles. The first-order valence-electron chi connectivity index (χ1n) is 13.2. The number of aromatic nitrogens is 1. The van der Waals surface area contributed by atoms with Crippen molar-refractivity contribution >= 4 is 40.6 Å². The summed E-state index contributed by atoms with van der Waals surface area (Å²) < 4.78 is 0. The van der Waals surface area contributed by atoms with Crippen LogP contribution in [0, 0.1) is 0 Å². The molecule has 1 aromatic heterocycles. The van der Waals surface area contributed by atoms with Crippen LogP contribution in [0.3, 0.4) is 0 Å². The first-order valence-corrected chi connectivity index (χ1v) is 13.9. The second-order valence-corrected chi connectivity index (χ2v) is 10.9. The summed E-state index contributed by atoms with van der Waals surface area (Å²) in [6.45, 7) is 5.28. The lowest BCUT2D eigenvalue weighted by molar-refractivity contribution is 0.0531. The highest BCUT2D eigenvalue weighted by Gasteiger charge is 2.34.